The average Bonchev–Trinajstić information content (AvgIpc) is 2.27. The number of halogens is 1. The fourth-order valence-electron chi connectivity index (χ4n) is 1.23. The summed E-state index contributed by atoms with van der Waals surface area (Å²) >= 11 is 0. The Morgan fingerprint density at radius 3 is 2.87 bits per heavy atom. The lowest BCUT2D eigenvalue weighted by molar-refractivity contribution is 0.272. The molecule has 0 aliphatic rings. The number of aliphatic hydroxyl groups is 1. The number of nitrogens with zero attached hydrogens (tertiary/aromatic N) is 1. The molecule has 0 saturated carbocycles. The van der Waals surface area contributed by atoms with Crippen molar-refractivity contribution in [3.8, 4) is 6.07 Å². The van der Waals surface area contributed by atoms with Crippen molar-refractivity contribution in [2.45, 2.75) is 19.4 Å². The van der Waals surface area contributed by atoms with Crippen LogP contribution in [0.5, 0.6) is 0 Å². The maximum atomic E-state index is 12.8. The molecule has 3 nitrogen and oxygen atoms in total. The number of hydrogen-bond donors (Lipinski definition) is 2. The van der Waals surface area contributed by atoms with Crippen LogP contribution in [0.3, 0.4) is 0 Å². The van der Waals surface area contributed by atoms with Crippen molar-refractivity contribution in [3.63, 3.8) is 0 Å². The SMILES string of the molecule is CC[C@@H](CO)Nc1ccc(F)cc1C#N. The van der Waals surface area contributed by atoms with Crippen LogP contribution in [0.25, 0.3) is 0 Å². The summed E-state index contributed by atoms with van der Waals surface area (Å²) in [5.41, 5.74) is 0.807. The van der Waals surface area contributed by atoms with E-state index in [1.807, 2.05) is 13.0 Å². The van der Waals surface area contributed by atoms with Crippen molar-refractivity contribution in [1.29, 1.82) is 5.26 Å². The molecule has 80 valence electrons. The van der Waals surface area contributed by atoms with Crippen molar-refractivity contribution in [2.24, 2.45) is 0 Å². The first-order valence-corrected chi connectivity index (χ1v) is 4.78. The molecule has 0 heterocycles. The summed E-state index contributed by atoms with van der Waals surface area (Å²) in [6, 6.07) is 5.76. The van der Waals surface area contributed by atoms with Crippen LogP contribution in [0, 0.1) is 17.1 Å². The third-order valence-corrected chi connectivity index (χ3v) is 2.17. The third-order valence-electron chi connectivity index (χ3n) is 2.17. The molecule has 0 aromatic heterocycles. The molecule has 0 radical (unpaired) electrons. The van der Waals surface area contributed by atoms with Crippen LogP contribution in [-0.2, 0) is 0 Å². The van der Waals surface area contributed by atoms with Gasteiger partial charge in [-0.2, -0.15) is 5.26 Å². The van der Waals surface area contributed by atoms with Crippen molar-refractivity contribution >= 4 is 5.69 Å². The number of benzene rings is 1. The van der Waals surface area contributed by atoms with Gasteiger partial charge >= 0.3 is 0 Å². The number of rotatable bonds is 4. The van der Waals surface area contributed by atoms with Gasteiger partial charge in [0.15, 0.2) is 0 Å². The van der Waals surface area contributed by atoms with Gasteiger partial charge in [0.1, 0.15) is 11.9 Å². The van der Waals surface area contributed by atoms with E-state index in [0.717, 1.165) is 6.42 Å². The molecule has 1 aromatic rings. The molecule has 0 fully saturated rings. The Morgan fingerprint density at radius 2 is 2.33 bits per heavy atom. The van der Waals surface area contributed by atoms with E-state index in [-0.39, 0.29) is 18.2 Å². The van der Waals surface area contributed by atoms with E-state index in [0.29, 0.717) is 5.69 Å². The molecule has 0 bridgehead atoms. The van der Waals surface area contributed by atoms with E-state index < -0.39 is 5.82 Å². The van der Waals surface area contributed by atoms with Gasteiger partial charge in [-0.05, 0) is 24.6 Å². The maximum Gasteiger partial charge on any atom is 0.124 e. The summed E-state index contributed by atoms with van der Waals surface area (Å²) in [6.07, 6.45) is 0.735. The van der Waals surface area contributed by atoms with Crippen LogP contribution < -0.4 is 5.32 Å². The van der Waals surface area contributed by atoms with E-state index in [4.69, 9.17) is 10.4 Å². The van der Waals surface area contributed by atoms with Gasteiger partial charge in [-0.3, -0.25) is 0 Å². The van der Waals surface area contributed by atoms with E-state index in [1.165, 1.54) is 18.2 Å². The normalized spacial score (nSPS) is 11.9. The summed E-state index contributed by atoms with van der Waals surface area (Å²) in [5, 5.41) is 20.8. The number of nitrogens with one attached hydrogen (secondary N) is 1. The molecule has 1 rings (SSSR count). The second kappa shape index (κ2) is 5.32. The molecule has 0 spiro atoms. The molecule has 0 saturated heterocycles. The summed E-state index contributed by atoms with van der Waals surface area (Å²) in [4.78, 5) is 0. The van der Waals surface area contributed by atoms with Gasteiger partial charge in [-0.15, -0.1) is 0 Å². The number of aliphatic hydroxyl groups excluding tert-OH is 1. The lowest BCUT2D eigenvalue weighted by Gasteiger charge is -2.16. The molecule has 4 heteroatoms. The molecule has 1 aromatic carbocycles. The standard InChI is InChI=1S/C11H13FN2O/c1-2-10(7-15)14-11-4-3-9(12)5-8(11)6-13/h3-5,10,14-15H,2,7H2,1H3/t10-/m0/s1. The second-order valence-electron chi connectivity index (χ2n) is 3.23. The highest BCUT2D eigenvalue weighted by atomic mass is 19.1. The van der Waals surface area contributed by atoms with E-state index in [1.54, 1.807) is 0 Å². The topological polar surface area (TPSA) is 56.0 Å². The first-order valence-electron chi connectivity index (χ1n) is 4.78. The summed E-state index contributed by atoms with van der Waals surface area (Å²) in [6.45, 7) is 1.90. The van der Waals surface area contributed by atoms with Crippen LogP contribution in [0.4, 0.5) is 10.1 Å². The molecule has 0 unspecified atom stereocenters. The molecular formula is C11H13FN2O. The number of hydrogen-bond acceptors (Lipinski definition) is 3. The van der Waals surface area contributed by atoms with Crippen molar-refractivity contribution in [2.75, 3.05) is 11.9 Å². The Hall–Kier alpha value is -1.60. The molecular weight excluding hydrogens is 195 g/mol. The minimum absolute atomic E-state index is 0.0151. The Labute approximate surface area is 88.2 Å². The van der Waals surface area contributed by atoms with Crippen LogP contribution in [0.1, 0.15) is 18.9 Å². The van der Waals surface area contributed by atoms with Crippen LogP contribution in [0.2, 0.25) is 0 Å². The van der Waals surface area contributed by atoms with Gasteiger partial charge in [-0.25, -0.2) is 4.39 Å². The highest BCUT2D eigenvalue weighted by Crippen LogP contribution is 2.17. The zero-order valence-corrected chi connectivity index (χ0v) is 8.50. The Kier molecular flexibility index (Phi) is 4.07. The van der Waals surface area contributed by atoms with Gasteiger partial charge in [-0.1, -0.05) is 6.92 Å². The smallest absolute Gasteiger partial charge is 0.124 e. The highest BCUT2D eigenvalue weighted by molar-refractivity contribution is 5.57. The molecule has 15 heavy (non-hydrogen) atoms. The largest absolute Gasteiger partial charge is 0.394 e. The quantitative estimate of drug-likeness (QED) is 0.794. The van der Waals surface area contributed by atoms with E-state index in [9.17, 15) is 4.39 Å². The fourth-order valence-corrected chi connectivity index (χ4v) is 1.23. The first kappa shape index (κ1) is 11.5. The van der Waals surface area contributed by atoms with Crippen LogP contribution >= 0.6 is 0 Å². The minimum Gasteiger partial charge on any atom is -0.394 e. The van der Waals surface area contributed by atoms with Gasteiger partial charge in [0.25, 0.3) is 0 Å². The fraction of sp³-hybridized carbons (Fsp3) is 0.364. The van der Waals surface area contributed by atoms with E-state index >= 15 is 0 Å². The Bertz CT molecular complexity index is 369. The monoisotopic (exact) mass is 208 g/mol. The summed E-state index contributed by atoms with van der Waals surface area (Å²) in [5.74, 6) is -0.436. The van der Waals surface area contributed by atoms with Crippen LogP contribution in [0.15, 0.2) is 18.2 Å². The predicted octanol–water partition coefficient (Wildman–Crippen LogP) is 1.88. The van der Waals surface area contributed by atoms with Crippen molar-refractivity contribution < 1.29 is 9.50 Å². The molecule has 0 amide bonds. The third kappa shape index (κ3) is 2.93. The summed E-state index contributed by atoms with van der Waals surface area (Å²) < 4.78 is 12.8. The molecule has 1 atom stereocenters. The van der Waals surface area contributed by atoms with E-state index in [2.05, 4.69) is 5.32 Å². The van der Waals surface area contributed by atoms with Gasteiger partial charge in [0.05, 0.1) is 17.9 Å². The lowest BCUT2D eigenvalue weighted by atomic mass is 10.1. The predicted molar refractivity (Wildman–Crippen MR) is 55.9 cm³/mol. The molecule has 0 aliphatic heterocycles. The molecule has 0 aliphatic carbocycles. The van der Waals surface area contributed by atoms with Crippen molar-refractivity contribution in [1.82, 2.24) is 0 Å². The summed E-state index contributed by atoms with van der Waals surface area (Å²) in [7, 11) is 0. The maximum absolute atomic E-state index is 12.8. The number of anilines is 1. The zero-order valence-electron chi connectivity index (χ0n) is 8.50. The molecule has 2 N–H and O–H groups in total. The van der Waals surface area contributed by atoms with Crippen molar-refractivity contribution in [3.05, 3.63) is 29.6 Å². The first-order chi connectivity index (χ1) is 7.21. The van der Waals surface area contributed by atoms with Crippen LogP contribution in [-0.4, -0.2) is 17.8 Å². The lowest BCUT2D eigenvalue weighted by Crippen LogP contribution is -2.23. The second-order valence-corrected chi connectivity index (χ2v) is 3.23. The zero-order chi connectivity index (χ0) is 11.3. The minimum atomic E-state index is -0.436. The highest BCUT2D eigenvalue weighted by Gasteiger charge is 2.08. The average molecular weight is 208 g/mol. The number of nitriles is 1. The van der Waals surface area contributed by atoms with Gasteiger partial charge in [0, 0.05) is 6.04 Å². The van der Waals surface area contributed by atoms with Gasteiger partial charge in [0.2, 0.25) is 0 Å². The Morgan fingerprint density at radius 1 is 1.60 bits per heavy atom. The Balaban J connectivity index is 2.90. The van der Waals surface area contributed by atoms with Gasteiger partial charge < -0.3 is 10.4 Å².